The molecule has 15 heavy (non-hydrogen) atoms. The fraction of sp³-hybridized carbons (Fsp3) is 0.200. The molecule has 0 aromatic carbocycles. The number of hydrogen-bond donors (Lipinski definition) is 0. The van der Waals surface area contributed by atoms with Crippen molar-refractivity contribution < 1.29 is 23.5 Å². The van der Waals surface area contributed by atoms with Gasteiger partial charge in [0.15, 0.2) is 0 Å². The lowest BCUT2D eigenvalue weighted by atomic mass is 10.2. The van der Waals surface area contributed by atoms with Gasteiger partial charge in [-0.3, -0.25) is 0 Å². The highest BCUT2D eigenvalue weighted by atomic mass is 16.5. The van der Waals surface area contributed by atoms with E-state index in [4.69, 9.17) is 4.42 Å². The third-order valence-corrected chi connectivity index (χ3v) is 1.66. The van der Waals surface area contributed by atoms with Crippen LogP contribution in [0.2, 0.25) is 0 Å². The Morgan fingerprint density at radius 3 is 2.27 bits per heavy atom. The molecule has 0 aliphatic heterocycles. The summed E-state index contributed by atoms with van der Waals surface area (Å²) < 4.78 is 13.7. The van der Waals surface area contributed by atoms with Crippen molar-refractivity contribution in [2.45, 2.75) is 0 Å². The Hall–Kier alpha value is -2.04. The van der Waals surface area contributed by atoms with Crippen LogP contribution in [-0.2, 0) is 19.1 Å². The minimum Gasteiger partial charge on any atom is -0.472 e. The van der Waals surface area contributed by atoms with Gasteiger partial charge in [0.25, 0.3) is 0 Å². The largest absolute Gasteiger partial charge is 0.472 e. The highest BCUT2D eigenvalue weighted by molar-refractivity contribution is 6.17. The fourth-order valence-corrected chi connectivity index (χ4v) is 0.945. The van der Waals surface area contributed by atoms with Crippen molar-refractivity contribution in [1.29, 1.82) is 0 Å². The normalized spacial score (nSPS) is 9.20. The molecule has 1 aromatic heterocycles. The smallest absolute Gasteiger partial charge is 0.345 e. The average molecular weight is 210 g/mol. The number of hydrogen-bond acceptors (Lipinski definition) is 5. The van der Waals surface area contributed by atoms with Gasteiger partial charge in [0.1, 0.15) is 5.57 Å². The third kappa shape index (κ3) is 2.70. The molecular weight excluding hydrogens is 200 g/mol. The molecule has 0 N–H and O–H groups in total. The van der Waals surface area contributed by atoms with Crippen molar-refractivity contribution in [3.05, 3.63) is 29.7 Å². The van der Waals surface area contributed by atoms with E-state index in [9.17, 15) is 9.59 Å². The summed E-state index contributed by atoms with van der Waals surface area (Å²) in [7, 11) is 2.38. The van der Waals surface area contributed by atoms with Crippen LogP contribution < -0.4 is 0 Å². The van der Waals surface area contributed by atoms with Gasteiger partial charge >= 0.3 is 11.9 Å². The summed E-state index contributed by atoms with van der Waals surface area (Å²) in [4.78, 5) is 22.4. The summed E-state index contributed by atoms with van der Waals surface area (Å²) in [5.74, 6) is -1.49. The van der Waals surface area contributed by atoms with Crippen molar-refractivity contribution >= 4 is 18.0 Å². The van der Waals surface area contributed by atoms with E-state index in [1.54, 1.807) is 6.07 Å². The van der Waals surface area contributed by atoms with E-state index < -0.39 is 11.9 Å². The van der Waals surface area contributed by atoms with Gasteiger partial charge in [0.05, 0.1) is 26.7 Å². The predicted molar refractivity (Wildman–Crippen MR) is 50.7 cm³/mol. The summed E-state index contributed by atoms with van der Waals surface area (Å²) in [5, 5.41) is 0. The van der Waals surface area contributed by atoms with Gasteiger partial charge < -0.3 is 13.9 Å². The molecule has 5 nitrogen and oxygen atoms in total. The molecule has 0 radical (unpaired) electrons. The molecule has 5 heteroatoms. The van der Waals surface area contributed by atoms with Crippen LogP contribution in [0, 0.1) is 0 Å². The average Bonchev–Trinajstić information content (AvgIpc) is 2.76. The minimum atomic E-state index is -0.747. The highest BCUT2D eigenvalue weighted by Crippen LogP contribution is 2.10. The molecule has 0 bridgehead atoms. The van der Waals surface area contributed by atoms with Crippen LogP contribution >= 0.6 is 0 Å². The lowest BCUT2D eigenvalue weighted by Gasteiger charge is -2.01. The van der Waals surface area contributed by atoms with Crippen molar-refractivity contribution in [3.63, 3.8) is 0 Å². The maximum atomic E-state index is 11.2. The fourth-order valence-electron chi connectivity index (χ4n) is 0.945. The number of carbonyl (C=O) groups is 2. The van der Waals surface area contributed by atoms with Crippen LogP contribution in [0.1, 0.15) is 5.56 Å². The molecule has 0 atom stereocenters. The SMILES string of the molecule is COC(=O)C(=Cc1ccoc1)C(=O)OC. The Kier molecular flexibility index (Phi) is 3.68. The second-order valence-corrected chi connectivity index (χ2v) is 2.60. The summed E-state index contributed by atoms with van der Waals surface area (Å²) in [6, 6.07) is 1.60. The molecular formula is C10H10O5. The second kappa shape index (κ2) is 4.99. The molecule has 80 valence electrons. The van der Waals surface area contributed by atoms with Crippen LogP contribution in [0.3, 0.4) is 0 Å². The van der Waals surface area contributed by atoms with E-state index in [1.165, 1.54) is 32.8 Å². The van der Waals surface area contributed by atoms with E-state index in [1.807, 2.05) is 0 Å². The van der Waals surface area contributed by atoms with Gasteiger partial charge in [-0.15, -0.1) is 0 Å². The maximum absolute atomic E-state index is 11.2. The van der Waals surface area contributed by atoms with E-state index in [0.717, 1.165) is 0 Å². The molecule has 0 amide bonds. The first-order valence-corrected chi connectivity index (χ1v) is 4.09. The van der Waals surface area contributed by atoms with Crippen molar-refractivity contribution in [3.8, 4) is 0 Å². The zero-order valence-electron chi connectivity index (χ0n) is 8.35. The molecule has 1 rings (SSSR count). The molecule has 0 fully saturated rings. The molecule has 0 spiro atoms. The molecule has 0 saturated carbocycles. The summed E-state index contributed by atoms with van der Waals surface area (Å²) in [5.41, 5.74) is 0.405. The number of furan rings is 1. The third-order valence-electron chi connectivity index (χ3n) is 1.66. The van der Waals surface area contributed by atoms with E-state index in [2.05, 4.69) is 9.47 Å². The molecule has 0 saturated heterocycles. The number of methoxy groups -OCH3 is 2. The Labute approximate surface area is 86.3 Å². The zero-order valence-corrected chi connectivity index (χ0v) is 8.35. The molecule has 0 unspecified atom stereocenters. The van der Waals surface area contributed by atoms with E-state index >= 15 is 0 Å². The number of ether oxygens (including phenoxy) is 2. The number of rotatable bonds is 3. The van der Waals surface area contributed by atoms with Gasteiger partial charge in [-0.05, 0) is 12.1 Å². The van der Waals surface area contributed by atoms with Gasteiger partial charge in [0.2, 0.25) is 0 Å². The summed E-state index contributed by atoms with van der Waals surface area (Å²) in [6.45, 7) is 0. The van der Waals surface area contributed by atoms with Crippen LogP contribution in [0.15, 0.2) is 28.6 Å². The topological polar surface area (TPSA) is 65.7 Å². The molecule has 1 aromatic rings. The van der Waals surface area contributed by atoms with Gasteiger partial charge in [-0.25, -0.2) is 9.59 Å². The predicted octanol–water partition coefficient (Wildman–Crippen LogP) is 1.01. The van der Waals surface area contributed by atoms with Crippen LogP contribution in [-0.4, -0.2) is 26.2 Å². The highest BCUT2D eigenvalue weighted by Gasteiger charge is 2.19. The first-order chi connectivity index (χ1) is 7.19. The first-order valence-electron chi connectivity index (χ1n) is 4.09. The minimum absolute atomic E-state index is 0.179. The van der Waals surface area contributed by atoms with Gasteiger partial charge in [-0.1, -0.05) is 0 Å². The van der Waals surface area contributed by atoms with Crippen LogP contribution in [0.4, 0.5) is 0 Å². The Balaban J connectivity index is 3.00. The van der Waals surface area contributed by atoms with E-state index in [0.29, 0.717) is 5.56 Å². The monoisotopic (exact) mass is 210 g/mol. The standard InChI is InChI=1S/C10H10O5/c1-13-9(11)8(10(12)14-2)5-7-3-4-15-6-7/h3-6H,1-2H3. The lowest BCUT2D eigenvalue weighted by Crippen LogP contribution is -2.15. The quantitative estimate of drug-likeness (QED) is 0.322. The maximum Gasteiger partial charge on any atom is 0.345 e. The lowest BCUT2D eigenvalue weighted by molar-refractivity contribution is -0.143. The molecule has 0 aliphatic carbocycles. The number of carbonyl (C=O) groups excluding carboxylic acids is 2. The Morgan fingerprint density at radius 2 is 1.87 bits per heavy atom. The summed E-state index contributed by atoms with van der Waals surface area (Å²) >= 11 is 0. The number of esters is 2. The van der Waals surface area contributed by atoms with Crippen molar-refractivity contribution in [1.82, 2.24) is 0 Å². The Bertz CT molecular complexity index is 357. The van der Waals surface area contributed by atoms with Crippen molar-refractivity contribution in [2.75, 3.05) is 14.2 Å². The summed E-state index contributed by atoms with van der Waals surface area (Å²) in [6.07, 6.45) is 4.16. The molecule has 1 heterocycles. The van der Waals surface area contributed by atoms with Crippen molar-refractivity contribution in [2.24, 2.45) is 0 Å². The van der Waals surface area contributed by atoms with Crippen LogP contribution in [0.25, 0.3) is 6.08 Å². The van der Waals surface area contributed by atoms with Gasteiger partial charge in [-0.2, -0.15) is 0 Å². The van der Waals surface area contributed by atoms with Gasteiger partial charge in [0, 0.05) is 5.56 Å². The Morgan fingerprint density at radius 1 is 1.27 bits per heavy atom. The zero-order chi connectivity index (χ0) is 11.3. The second-order valence-electron chi connectivity index (χ2n) is 2.60. The first kappa shape index (κ1) is 11.0. The molecule has 0 aliphatic rings. The van der Waals surface area contributed by atoms with E-state index in [-0.39, 0.29) is 5.57 Å². The van der Waals surface area contributed by atoms with Crippen LogP contribution in [0.5, 0.6) is 0 Å².